The third-order valence-corrected chi connectivity index (χ3v) is 3.70. The van der Waals surface area contributed by atoms with Crippen LogP contribution in [0, 0.1) is 6.92 Å². The van der Waals surface area contributed by atoms with Gasteiger partial charge in [-0.25, -0.2) is 4.79 Å². The number of nitrogens with zero attached hydrogens (tertiary/aromatic N) is 3. The van der Waals surface area contributed by atoms with E-state index in [0.29, 0.717) is 12.6 Å². The number of hydrogen-bond donors (Lipinski definition) is 2. The van der Waals surface area contributed by atoms with Gasteiger partial charge in [-0.2, -0.15) is 5.10 Å². The molecule has 0 spiro atoms. The number of likely N-dealkylation sites (tertiary alicyclic amines) is 1. The zero-order chi connectivity index (χ0) is 13.8. The van der Waals surface area contributed by atoms with Gasteiger partial charge in [0.1, 0.15) is 0 Å². The van der Waals surface area contributed by atoms with Crippen molar-refractivity contribution in [2.75, 3.05) is 25.5 Å². The standard InChI is InChI=1S/C13H23N5O/c1-10-12(9-18(3)16-10)15-13(19)14-7-6-11-5-4-8-17(11)2/h9,11H,4-8H2,1-3H3,(H2,14,15,19)/t11-/m0/s1. The summed E-state index contributed by atoms with van der Waals surface area (Å²) in [5.41, 5.74) is 1.59. The van der Waals surface area contributed by atoms with E-state index >= 15 is 0 Å². The average Bonchev–Trinajstić information content (AvgIpc) is 2.86. The van der Waals surface area contributed by atoms with E-state index in [1.165, 1.54) is 19.4 Å². The summed E-state index contributed by atoms with van der Waals surface area (Å²) in [6.07, 6.45) is 5.32. The molecule has 2 heterocycles. The van der Waals surface area contributed by atoms with Crippen LogP contribution in [0.5, 0.6) is 0 Å². The van der Waals surface area contributed by atoms with Crippen molar-refractivity contribution in [3.8, 4) is 0 Å². The van der Waals surface area contributed by atoms with E-state index in [2.05, 4.69) is 27.7 Å². The lowest BCUT2D eigenvalue weighted by molar-refractivity contribution is 0.248. The second kappa shape index (κ2) is 6.06. The molecule has 1 aliphatic rings. The molecule has 1 aromatic heterocycles. The fourth-order valence-electron chi connectivity index (χ4n) is 2.59. The minimum atomic E-state index is -0.156. The van der Waals surface area contributed by atoms with E-state index in [0.717, 1.165) is 17.8 Å². The molecule has 6 heteroatoms. The van der Waals surface area contributed by atoms with Crippen LogP contribution in [0.15, 0.2) is 6.20 Å². The lowest BCUT2D eigenvalue weighted by atomic mass is 10.1. The third kappa shape index (κ3) is 3.70. The summed E-state index contributed by atoms with van der Waals surface area (Å²) in [6, 6.07) is 0.456. The molecule has 1 aromatic rings. The van der Waals surface area contributed by atoms with Crippen molar-refractivity contribution in [2.45, 2.75) is 32.2 Å². The normalized spacial score (nSPS) is 19.6. The van der Waals surface area contributed by atoms with Crippen LogP contribution in [-0.4, -0.2) is 46.9 Å². The predicted octanol–water partition coefficient (Wildman–Crippen LogP) is 1.33. The largest absolute Gasteiger partial charge is 0.338 e. The van der Waals surface area contributed by atoms with Crippen LogP contribution < -0.4 is 10.6 Å². The summed E-state index contributed by atoms with van der Waals surface area (Å²) < 4.78 is 1.69. The number of carbonyl (C=O) groups excluding carboxylic acids is 1. The first kappa shape index (κ1) is 13.9. The monoisotopic (exact) mass is 265 g/mol. The zero-order valence-electron chi connectivity index (χ0n) is 11.9. The van der Waals surface area contributed by atoms with Gasteiger partial charge in [-0.05, 0) is 39.8 Å². The summed E-state index contributed by atoms with van der Waals surface area (Å²) in [6.45, 7) is 3.76. The summed E-state index contributed by atoms with van der Waals surface area (Å²) in [7, 11) is 3.99. The molecule has 106 valence electrons. The highest BCUT2D eigenvalue weighted by atomic mass is 16.2. The topological polar surface area (TPSA) is 62.2 Å². The minimum absolute atomic E-state index is 0.156. The van der Waals surface area contributed by atoms with Gasteiger partial charge in [0.15, 0.2) is 0 Å². The quantitative estimate of drug-likeness (QED) is 0.863. The summed E-state index contributed by atoms with van der Waals surface area (Å²) in [5, 5.41) is 9.91. The number of nitrogens with one attached hydrogen (secondary N) is 2. The summed E-state index contributed by atoms with van der Waals surface area (Å²) in [4.78, 5) is 14.1. The Bertz CT molecular complexity index is 442. The Labute approximate surface area is 114 Å². The van der Waals surface area contributed by atoms with Gasteiger partial charge in [0, 0.05) is 25.8 Å². The van der Waals surface area contributed by atoms with Gasteiger partial charge in [0.25, 0.3) is 0 Å². The Balaban J connectivity index is 1.71. The molecule has 2 rings (SSSR count). The fourth-order valence-corrected chi connectivity index (χ4v) is 2.59. The van der Waals surface area contributed by atoms with Crippen LogP contribution in [0.25, 0.3) is 0 Å². The summed E-state index contributed by atoms with van der Waals surface area (Å²) in [5.74, 6) is 0. The molecule has 1 atom stereocenters. The Morgan fingerprint density at radius 1 is 1.53 bits per heavy atom. The molecule has 1 aliphatic heterocycles. The van der Waals surface area contributed by atoms with E-state index in [1.54, 1.807) is 10.9 Å². The van der Waals surface area contributed by atoms with Crippen molar-refractivity contribution >= 4 is 11.7 Å². The average molecular weight is 265 g/mol. The van der Waals surface area contributed by atoms with Crippen LogP contribution >= 0.6 is 0 Å². The van der Waals surface area contributed by atoms with Crippen molar-refractivity contribution in [3.63, 3.8) is 0 Å². The predicted molar refractivity (Wildman–Crippen MR) is 75.2 cm³/mol. The van der Waals surface area contributed by atoms with Crippen molar-refractivity contribution in [1.29, 1.82) is 0 Å². The highest BCUT2D eigenvalue weighted by molar-refractivity contribution is 5.89. The van der Waals surface area contributed by atoms with Crippen LogP contribution in [0.3, 0.4) is 0 Å². The van der Waals surface area contributed by atoms with Crippen molar-refractivity contribution in [2.24, 2.45) is 7.05 Å². The molecule has 1 fully saturated rings. The first-order chi connectivity index (χ1) is 9.06. The number of amides is 2. The second-order valence-electron chi connectivity index (χ2n) is 5.25. The van der Waals surface area contributed by atoms with Gasteiger partial charge in [0.2, 0.25) is 0 Å². The molecule has 0 aliphatic carbocycles. The van der Waals surface area contributed by atoms with Crippen molar-refractivity contribution in [3.05, 3.63) is 11.9 Å². The van der Waals surface area contributed by atoms with E-state index in [-0.39, 0.29) is 6.03 Å². The summed E-state index contributed by atoms with van der Waals surface area (Å²) >= 11 is 0. The van der Waals surface area contributed by atoms with Crippen molar-refractivity contribution < 1.29 is 4.79 Å². The number of rotatable bonds is 4. The van der Waals surface area contributed by atoms with E-state index in [4.69, 9.17) is 0 Å². The zero-order valence-corrected chi connectivity index (χ0v) is 11.9. The van der Waals surface area contributed by atoms with Crippen LogP contribution in [0.1, 0.15) is 25.0 Å². The highest BCUT2D eigenvalue weighted by Crippen LogP contribution is 2.17. The molecule has 0 aromatic carbocycles. The molecule has 0 radical (unpaired) electrons. The lowest BCUT2D eigenvalue weighted by Crippen LogP contribution is -2.34. The van der Waals surface area contributed by atoms with Crippen LogP contribution in [0.4, 0.5) is 10.5 Å². The Kier molecular flexibility index (Phi) is 4.42. The molecule has 2 amide bonds. The van der Waals surface area contributed by atoms with E-state index in [9.17, 15) is 4.79 Å². The first-order valence-corrected chi connectivity index (χ1v) is 6.81. The van der Waals surface area contributed by atoms with Gasteiger partial charge in [-0.1, -0.05) is 0 Å². The van der Waals surface area contributed by atoms with Crippen LogP contribution in [0.2, 0.25) is 0 Å². The number of aryl methyl sites for hydroxylation is 2. The second-order valence-corrected chi connectivity index (χ2v) is 5.25. The molecular weight excluding hydrogens is 242 g/mol. The molecule has 0 bridgehead atoms. The van der Waals surface area contributed by atoms with Gasteiger partial charge < -0.3 is 15.5 Å². The maximum atomic E-state index is 11.8. The molecule has 0 unspecified atom stereocenters. The molecular formula is C13H23N5O. The van der Waals surface area contributed by atoms with Crippen LogP contribution in [-0.2, 0) is 7.05 Å². The van der Waals surface area contributed by atoms with Gasteiger partial charge in [-0.15, -0.1) is 0 Å². The maximum Gasteiger partial charge on any atom is 0.319 e. The van der Waals surface area contributed by atoms with Gasteiger partial charge in [0.05, 0.1) is 11.4 Å². The number of urea groups is 1. The molecule has 0 saturated carbocycles. The van der Waals surface area contributed by atoms with Crippen molar-refractivity contribution in [1.82, 2.24) is 20.0 Å². The minimum Gasteiger partial charge on any atom is -0.338 e. The maximum absolute atomic E-state index is 11.8. The number of aromatic nitrogens is 2. The fraction of sp³-hybridized carbons (Fsp3) is 0.692. The molecule has 6 nitrogen and oxygen atoms in total. The van der Waals surface area contributed by atoms with Gasteiger partial charge >= 0.3 is 6.03 Å². The molecule has 1 saturated heterocycles. The molecule has 19 heavy (non-hydrogen) atoms. The third-order valence-electron chi connectivity index (χ3n) is 3.70. The number of carbonyl (C=O) groups is 1. The van der Waals surface area contributed by atoms with E-state index in [1.807, 2.05) is 14.0 Å². The number of anilines is 1. The highest BCUT2D eigenvalue weighted by Gasteiger charge is 2.20. The van der Waals surface area contributed by atoms with E-state index < -0.39 is 0 Å². The number of hydrogen-bond acceptors (Lipinski definition) is 3. The lowest BCUT2D eigenvalue weighted by Gasteiger charge is -2.19. The molecule has 2 N–H and O–H groups in total. The first-order valence-electron chi connectivity index (χ1n) is 6.81. The Morgan fingerprint density at radius 2 is 2.32 bits per heavy atom. The van der Waals surface area contributed by atoms with Gasteiger partial charge in [-0.3, -0.25) is 4.68 Å². The smallest absolute Gasteiger partial charge is 0.319 e. The SMILES string of the molecule is Cc1nn(C)cc1NC(=O)NCC[C@@H]1CCCN1C. The Hall–Kier alpha value is -1.56. The Morgan fingerprint density at radius 3 is 2.89 bits per heavy atom.